The third-order valence-corrected chi connectivity index (χ3v) is 4.16. The normalized spacial score (nSPS) is 20.6. The van der Waals surface area contributed by atoms with Crippen molar-refractivity contribution in [1.82, 2.24) is 14.7 Å². The van der Waals surface area contributed by atoms with E-state index in [0.29, 0.717) is 18.7 Å². The van der Waals surface area contributed by atoms with Crippen LogP contribution in [-0.2, 0) is 4.79 Å². The van der Waals surface area contributed by atoms with Gasteiger partial charge in [-0.3, -0.25) is 4.79 Å². The van der Waals surface area contributed by atoms with Crippen molar-refractivity contribution in [2.75, 3.05) is 18.4 Å². The summed E-state index contributed by atoms with van der Waals surface area (Å²) in [5.41, 5.74) is 1.49. The zero-order valence-corrected chi connectivity index (χ0v) is 13.4. The van der Waals surface area contributed by atoms with Gasteiger partial charge in [0.25, 0.3) is 0 Å². The van der Waals surface area contributed by atoms with Crippen LogP contribution in [0.3, 0.4) is 0 Å². The van der Waals surface area contributed by atoms with Crippen molar-refractivity contribution in [3.05, 3.63) is 42.7 Å². The van der Waals surface area contributed by atoms with Gasteiger partial charge in [0.05, 0.1) is 11.6 Å². The van der Waals surface area contributed by atoms with Crippen LogP contribution < -0.4 is 5.32 Å². The van der Waals surface area contributed by atoms with Crippen LogP contribution in [0.5, 0.6) is 0 Å². The smallest absolute Gasteiger partial charge is 0.321 e. The summed E-state index contributed by atoms with van der Waals surface area (Å²) in [7, 11) is 0. The number of hydrogen-bond acceptors (Lipinski definition) is 3. The number of likely N-dealkylation sites (tertiary alicyclic amines) is 1. The standard InChI is InChI=1S/C17H20N4O3/c1-12-8-13(16(22)23)11-20(10-12)17(24)19-14-4-2-5-15(9-14)21-7-3-6-18-21/h2-7,9,12-13H,8,10-11H2,1H3,(H,19,24)(H,22,23). The van der Waals surface area contributed by atoms with Crippen LogP contribution in [0.1, 0.15) is 13.3 Å². The number of carbonyl (C=O) groups is 2. The number of aromatic nitrogens is 2. The highest BCUT2D eigenvalue weighted by atomic mass is 16.4. The minimum atomic E-state index is -0.847. The van der Waals surface area contributed by atoms with E-state index in [1.54, 1.807) is 21.8 Å². The second-order valence-corrected chi connectivity index (χ2v) is 6.21. The number of amides is 2. The number of piperidine rings is 1. The molecule has 2 aromatic rings. The Labute approximate surface area is 139 Å². The number of carboxylic acids is 1. The van der Waals surface area contributed by atoms with Gasteiger partial charge in [0.1, 0.15) is 0 Å². The van der Waals surface area contributed by atoms with Crippen LogP contribution in [0.4, 0.5) is 10.5 Å². The second kappa shape index (κ2) is 6.74. The SMILES string of the molecule is CC1CC(C(=O)O)CN(C(=O)Nc2cccc(-n3cccn3)c2)C1. The van der Waals surface area contributed by atoms with E-state index < -0.39 is 11.9 Å². The molecule has 2 unspecified atom stereocenters. The summed E-state index contributed by atoms with van der Waals surface area (Å²) in [5, 5.41) is 16.2. The molecule has 7 nitrogen and oxygen atoms in total. The lowest BCUT2D eigenvalue weighted by Gasteiger charge is -2.34. The molecule has 1 aliphatic heterocycles. The molecule has 2 amide bonds. The number of aliphatic carboxylic acids is 1. The number of rotatable bonds is 3. The molecule has 24 heavy (non-hydrogen) atoms. The van der Waals surface area contributed by atoms with Gasteiger partial charge in [0.15, 0.2) is 0 Å². The van der Waals surface area contributed by atoms with Gasteiger partial charge in [-0.25, -0.2) is 9.48 Å². The minimum Gasteiger partial charge on any atom is -0.481 e. The molecule has 1 aliphatic rings. The maximum absolute atomic E-state index is 12.5. The third kappa shape index (κ3) is 3.56. The Morgan fingerprint density at radius 3 is 2.83 bits per heavy atom. The lowest BCUT2D eigenvalue weighted by atomic mass is 9.91. The average molecular weight is 328 g/mol. The van der Waals surface area contributed by atoms with Crippen molar-refractivity contribution in [1.29, 1.82) is 0 Å². The summed E-state index contributed by atoms with van der Waals surface area (Å²) in [4.78, 5) is 25.3. The van der Waals surface area contributed by atoms with Crippen molar-refractivity contribution in [2.45, 2.75) is 13.3 Å². The molecular formula is C17H20N4O3. The Morgan fingerprint density at radius 1 is 1.29 bits per heavy atom. The fourth-order valence-corrected chi connectivity index (χ4v) is 3.05. The predicted octanol–water partition coefficient (Wildman–Crippen LogP) is 2.45. The molecule has 0 bridgehead atoms. The van der Waals surface area contributed by atoms with E-state index in [1.807, 2.05) is 37.4 Å². The van der Waals surface area contributed by atoms with Crippen LogP contribution in [0.15, 0.2) is 42.7 Å². The fraction of sp³-hybridized carbons (Fsp3) is 0.353. The first-order chi connectivity index (χ1) is 11.5. The lowest BCUT2D eigenvalue weighted by molar-refractivity contribution is -0.143. The molecule has 1 saturated heterocycles. The maximum atomic E-state index is 12.5. The molecule has 2 heterocycles. The highest BCUT2D eigenvalue weighted by Gasteiger charge is 2.31. The number of hydrogen-bond donors (Lipinski definition) is 2. The number of carbonyl (C=O) groups excluding carboxylic acids is 1. The maximum Gasteiger partial charge on any atom is 0.321 e. The van der Waals surface area contributed by atoms with Crippen LogP contribution in [-0.4, -0.2) is 44.9 Å². The van der Waals surface area contributed by atoms with E-state index in [9.17, 15) is 14.7 Å². The van der Waals surface area contributed by atoms with Crippen molar-refractivity contribution >= 4 is 17.7 Å². The molecule has 7 heteroatoms. The topological polar surface area (TPSA) is 87.5 Å². The van der Waals surface area contributed by atoms with Crippen LogP contribution in [0.25, 0.3) is 5.69 Å². The Kier molecular flexibility index (Phi) is 4.50. The zero-order valence-electron chi connectivity index (χ0n) is 13.4. The van der Waals surface area contributed by atoms with Gasteiger partial charge >= 0.3 is 12.0 Å². The van der Waals surface area contributed by atoms with E-state index in [4.69, 9.17) is 0 Å². The summed E-state index contributed by atoms with van der Waals surface area (Å²) >= 11 is 0. The molecule has 1 fully saturated rings. The first-order valence-corrected chi connectivity index (χ1v) is 7.91. The van der Waals surface area contributed by atoms with Gasteiger partial charge in [-0.2, -0.15) is 5.10 Å². The molecule has 1 aromatic carbocycles. The molecule has 126 valence electrons. The summed E-state index contributed by atoms with van der Waals surface area (Å²) in [6.45, 7) is 2.77. The molecular weight excluding hydrogens is 308 g/mol. The van der Waals surface area contributed by atoms with Crippen molar-refractivity contribution in [2.24, 2.45) is 11.8 Å². The van der Waals surface area contributed by atoms with E-state index in [2.05, 4.69) is 10.4 Å². The van der Waals surface area contributed by atoms with Crippen LogP contribution in [0, 0.1) is 11.8 Å². The van der Waals surface area contributed by atoms with Crippen molar-refractivity contribution < 1.29 is 14.7 Å². The predicted molar refractivity (Wildman–Crippen MR) is 89.1 cm³/mol. The van der Waals surface area contributed by atoms with E-state index >= 15 is 0 Å². The Balaban J connectivity index is 1.70. The van der Waals surface area contributed by atoms with Gasteiger partial charge in [-0.1, -0.05) is 13.0 Å². The monoisotopic (exact) mass is 328 g/mol. The molecule has 0 aliphatic carbocycles. The number of nitrogens with zero attached hydrogens (tertiary/aromatic N) is 3. The Bertz CT molecular complexity index is 729. The summed E-state index contributed by atoms with van der Waals surface area (Å²) < 4.78 is 1.71. The number of urea groups is 1. The molecule has 0 saturated carbocycles. The van der Waals surface area contributed by atoms with E-state index in [-0.39, 0.29) is 18.5 Å². The molecule has 0 spiro atoms. The van der Waals surface area contributed by atoms with Gasteiger partial charge in [-0.05, 0) is 36.6 Å². The molecule has 3 rings (SSSR count). The molecule has 1 aromatic heterocycles. The van der Waals surface area contributed by atoms with Gasteiger partial charge in [0.2, 0.25) is 0 Å². The van der Waals surface area contributed by atoms with Crippen LogP contribution in [0.2, 0.25) is 0 Å². The number of anilines is 1. The second-order valence-electron chi connectivity index (χ2n) is 6.21. The quantitative estimate of drug-likeness (QED) is 0.906. The van der Waals surface area contributed by atoms with Crippen molar-refractivity contribution in [3.63, 3.8) is 0 Å². The van der Waals surface area contributed by atoms with Gasteiger partial charge < -0.3 is 15.3 Å². The van der Waals surface area contributed by atoms with Crippen molar-refractivity contribution in [3.8, 4) is 5.69 Å². The molecule has 2 atom stereocenters. The summed E-state index contributed by atoms with van der Waals surface area (Å²) in [6, 6.07) is 8.91. The Morgan fingerprint density at radius 2 is 2.12 bits per heavy atom. The van der Waals surface area contributed by atoms with Gasteiger partial charge in [0, 0.05) is 31.2 Å². The van der Waals surface area contributed by atoms with E-state index in [0.717, 1.165) is 5.69 Å². The number of benzene rings is 1. The first kappa shape index (κ1) is 16.0. The van der Waals surface area contributed by atoms with Gasteiger partial charge in [-0.15, -0.1) is 0 Å². The largest absolute Gasteiger partial charge is 0.481 e. The number of carboxylic acid groups (broad SMARTS) is 1. The third-order valence-electron chi connectivity index (χ3n) is 4.16. The minimum absolute atomic E-state index is 0.168. The molecule has 2 N–H and O–H groups in total. The summed E-state index contributed by atoms with van der Waals surface area (Å²) in [5.74, 6) is -1.18. The fourth-order valence-electron chi connectivity index (χ4n) is 3.05. The first-order valence-electron chi connectivity index (χ1n) is 7.91. The molecule has 0 radical (unpaired) electrons. The number of nitrogens with one attached hydrogen (secondary N) is 1. The highest BCUT2D eigenvalue weighted by Crippen LogP contribution is 2.23. The Hall–Kier alpha value is -2.83. The summed E-state index contributed by atoms with van der Waals surface area (Å²) in [6.07, 6.45) is 4.12. The average Bonchev–Trinajstić information content (AvgIpc) is 3.09. The lowest BCUT2D eigenvalue weighted by Crippen LogP contribution is -2.47. The highest BCUT2D eigenvalue weighted by molar-refractivity contribution is 5.90. The van der Waals surface area contributed by atoms with E-state index in [1.165, 1.54) is 0 Å². The van der Waals surface area contributed by atoms with Crippen LogP contribution >= 0.6 is 0 Å². The zero-order chi connectivity index (χ0) is 17.1.